The molecule has 0 saturated heterocycles. The lowest BCUT2D eigenvalue weighted by atomic mass is 10.3. The van der Waals surface area contributed by atoms with E-state index in [9.17, 15) is 0 Å². The lowest BCUT2D eigenvalue weighted by Crippen LogP contribution is -1.94. The van der Waals surface area contributed by atoms with Gasteiger partial charge in [0.1, 0.15) is 0 Å². The van der Waals surface area contributed by atoms with Crippen molar-refractivity contribution in [3.05, 3.63) is 12.7 Å². The molecule has 0 bridgehead atoms. The molecule has 0 radical (unpaired) electrons. The molecule has 0 heterocycles. The average molecular weight is 138 g/mol. The van der Waals surface area contributed by atoms with Crippen LogP contribution in [0.15, 0.2) is 12.7 Å². The van der Waals surface area contributed by atoms with E-state index in [-0.39, 0.29) is 0 Å². The normalized spacial score (nSPS) is 8.70. The minimum Gasteiger partial charge on any atom is -0.380 e. The van der Waals surface area contributed by atoms with Crippen molar-refractivity contribution in [2.24, 2.45) is 0 Å². The van der Waals surface area contributed by atoms with Gasteiger partial charge in [0.2, 0.25) is 0 Å². The highest BCUT2D eigenvalue weighted by atomic mass is 16.5. The van der Waals surface area contributed by atoms with Crippen LogP contribution in [0.5, 0.6) is 0 Å². The van der Waals surface area contributed by atoms with Crippen LogP contribution < -0.4 is 0 Å². The van der Waals surface area contributed by atoms with E-state index in [1.165, 1.54) is 0 Å². The molecular weight excluding hydrogens is 124 g/mol. The molecule has 0 aromatic rings. The molecule has 0 aromatic carbocycles. The maximum Gasteiger partial charge on any atom is 0.0575 e. The Hall–Kier alpha value is -0.740. The predicted octanol–water partition coefficient (Wildman–Crippen LogP) is 1.99. The molecule has 0 N–H and O–H groups in total. The van der Waals surface area contributed by atoms with Gasteiger partial charge in [0.25, 0.3) is 0 Å². The third-order valence-corrected chi connectivity index (χ3v) is 1.09. The Labute approximate surface area is 63.1 Å². The van der Waals surface area contributed by atoms with Crippen molar-refractivity contribution in [2.75, 3.05) is 13.2 Å². The van der Waals surface area contributed by atoms with Gasteiger partial charge in [-0.2, -0.15) is 0 Å². The van der Waals surface area contributed by atoms with E-state index >= 15 is 0 Å². The van der Waals surface area contributed by atoms with Crippen molar-refractivity contribution < 1.29 is 4.74 Å². The van der Waals surface area contributed by atoms with Gasteiger partial charge in [0.15, 0.2) is 0 Å². The molecule has 0 unspecified atom stereocenters. The highest BCUT2D eigenvalue weighted by molar-refractivity contribution is 4.82. The van der Waals surface area contributed by atoms with Crippen molar-refractivity contribution in [1.29, 1.82) is 0 Å². The van der Waals surface area contributed by atoms with Gasteiger partial charge in [-0.05, 0) is 12.8 Å². The Balaban J connectivity index is 2.78. The van der Waals surface area contributed by atoms with Crippen LogP contribution in [0.25, 0.3) is 0 Å². The van der Waals surface area contributed by atoms with Crippen LogP contribution >= 0.6 is 0 Å². The number of terminal acetylenes is 1. The molecule has 0 saturated carbocycles. The molecule has 0 aromatic heterocycles. The zero-order valence-electron chi connectivity index (χ0n) is 6.31. The van der Waals surface area contributed by atoms with E-state index in [0.29, 0.717) is 13.0 Å². The summed E-state index contributed by atoms with van der Waals surface area (Å²) in [7, 11) is 0. The van der Waals surface area contributed by atoms with Gasteiger partial charge in [-0.1, -0.05) is 6.08 Å². The van der Waals surface area contributed by atoms with Crippen molar-refractivity contribution >= 4 is 0 Å². The van der Waals surface area contributed by atoms with E-state index in [1.54, 1.807) is 0 Å². The molecule has 0 spiro atoms. The number of rotatable bonds is 6. The zero-order chi connectivity index (χ0) is 7.66. The van der Waals surface area contributed by atoms with Gasteiger partial charge < -0.3 is 4.74 Å². The van der Waals surface area contributed by atoms with Crippen LogP contribution in [-0.4, -0.2) is 13.2 Å². The van der Waals surface area contributed by atoms with E-state index in [0.717, 1.165) is 19.4 Å². The summed E-state index contributed by atoms with van der Waals surface area (Å²) in [6.45, 7) is 5.09. The number of hydrogen-bond acceptors (Lipinski definition) is 1. The van der Waals surface area contributed by atoms with Crippen molar-refractivity contribution in [3.8, 4) is 12.3 Å². The average Bonchev–Trinajstić information content (AvgIpc) is 1.97. The summed E-state index contributed by atoms with van der Waals surface area (Å²) >= 11 is 0. The monoisotopic (exact) mass is 138 g/mol. The van der Waals surface area contributed by atoms with Gasteiger partial charge in [-0.25, -0.2) is 0 Å². The van der Waals surface area contributed by atoms with E-state index in [2.05, 4.69) is 12.5 Å². The number of hydrogen-bond donors (Lipinski definition) is 0. The second kappa shape index (κ2) is 8.26. The van der Waals surface area contributed by atoms with Gasteiger partial charge in [0.05, 0.1) is 6.61 Å². The number of allylic oxidation sites excluding steroid dienone is 1. The van der Waals surface area contributed by atoms with Gasteiger partial charge in [-0.15, -0.1) is 18.9 Å². The van der Waals surface area contributed by atoms with Gasteiger partial charge >= 0.3 is 0 Å². The second-order valence-corrected chi connectivity index (χ2v) is 2.00. The molecule has 0 aliphatic carbocycles. The summed E-state index contributed by atoms with van der Waals surface area (Å²) in [5.41, 5.74) is 0. The SMILES string of the molecule is C#CCCOCCCC=C. The van der Waals surface area contributed by atoms with Crippen LogP contribution in [0, 0.1) is 12.3 Å². The Bertz CT molecular complexity index is 110. The minimum absolute atomic E-state index is 0.688. The van der Waals surface area contributed by atoms with E-state index in [4.69, 9.17) is 11.2 Å². The highest BCUT2D eigenvalue weighted by Gasteiger charge is 1.84. The Kier molecular flexibility index (Phi) is 7.65. The van der Waals surface area contributed by atoms with Crippen LogP contribution in [0.4, 0.5) is 0 Å². The second-order valence-electron chi connectivity index (χ2n) is 2.00. The van der Waals surface area contributed by atoms with Crippen LogP contribution in [0.2, 0.25) is 0 Å². The lowest BCUT2D eigenvalue weighted by molar-refractivity contribution is 0.138. The third-order valence-electron chi connectivity index (χ3n) is 1.09. The summed E-state index contributed by atoms with van der Waals surface area (Å²) in [6.07, 6.45) is 9.71. The molecule has 0 aliphatic heterocycles. The molecule has 0 amide bonds. The first kappa shape index (κ1) is 9.26. The number of unbranched alkanes of at least 4 members (excludes halogenated alkanes) is 1. The topological polar surface area (TPSA) is 9.23 Å². The zero-order valence-corrected chi connectivity index (χ0v) is 6.31. The Morgan fingerprint density at radius 1 is 1.50 bits per heavy atom. The summed E-state index contributed by atoms with van der Waals surface area (Å²) in [4.78, 5) is 0. The summed E-state index contributed by atoms with van der Waals surface area (Å²) in [5, 5.41) is 0. The predicted molar refractivity (Wildman–Crippen MR) is 43.7 cm³/mol. The Morgan fingerprint density at radius 2 is 2.30 bits per heavy atom. The fraction of sp³-hybridized carbons (Fsp3) is 0.556. The quantitative estimate of drug-likeness (QED) is 0.310. The molecule has 0 atom stereocenters. The van der Waals surface area contributed by atoms with Crippen LogP contribution in [0.3, 0.4) is 0 Å². The molecule has 0 fully saturated rings. The van der Waals surface area contributed by atoms with Crippen molar-refractivity contribution in [2.45, 2.75) is 19.3 Å². The Morgan fingerprint density at radius 3 is 2.90 bits per heavy atom. The molecule has 10 heavy (non-hydrogen) atoms. The number of ether oxygens (including phenoxy) is 1. The van der Waals surface area contributed by atoms with Crippen molar-refractivity contribution in [3.63, 3.8) is 0 Å². The molecule has 1 heteroatoms. The van der Waals surface area contributed by atoms with E-state index < -0.39 is 0 Å². The summed E-state index contributed by atoms with van der Waals surface area (Å²) in [6, 6.07) is 0. The molecule has 0 rings (SSSR count). The van der Waals surface area contributed by atoms with Gasteiger partial charge in [-0.3, -0.25) is 0 Å². The maximum atomic E-state index is 5.19. The standard InChI is InChI=1S/C9H14O/c1-3-5-7-9-10-8-6-4-2/h2-3H,1,5-9H2. The maximum absolute atomic E-state index is 5.19. The van der Waals surface area contributed by atoms with Crippen LogP contribution in [0.1, 0.15) is 19.3 Å². The van der Waals surface area contributed by atoms with Crippen LogP contribution in [-0.2, 0) is 4.74 Å². The molecule has 0 aliphatic rings. The first-order valence-electron chi connectivity index (χ1n) is 3.54. The third kappa shape index (κ3) is 7.26. The smallest absolute Gasteiger partial charge is 0.0575 e. The summed E-state index contributed by atoms with van der Waals surface area (Å²) in [5.74, 6) is 2.51. The fourth-order valence-corrected chi connectivity index (χ4v) is 0.563. The highest BCUT2D eigenvalue weighted by Crippen LogP contribution is 1.90. The first-order chi connectivity index (χ1) is 4.91. The van der Waals surface area contributed by atoms with Crippen molar-refractivity contribution in [1.82, 2.24) is 0 Å². The molecule has 1 nitrogen and oxygen atoms in total. The summed E-state index contributed by atoms with van der Waals surface area (Å²) < 4.78 is 5.19. The molecular formula is C9H14O. The lowest BCUT2D eigenvalue weighted by Gasteiger charge is -1.98. The molecule has 56 valence electrons. The minimum atomic E-state index is 0.688. The first-order valence-corrected chi connectivity index (χ1v) is 3.54. The van der Waals surface area contributed by atoms with Gasteiger partial charge in [0, 0.05) is 13.0 Å². The fourth-order valence-electron chi connectivity index (χ4n) is 0.563. The van der Waals surface area contributed by atoms with E-state index in [1.807, 2.05) is 6.08 Å². The largest absolute Gasteiger partial charge is 0.380 e.